The van der Waals surface area contributed by atoms with Gasteiger partial charge in [0.1, 0.15) is 0 Å². The number of carbonyl (C=O) groups excluding carboxylic acids is 1. The second kappa shape index (κ2) is 6.97. The van der Waals surface area contributed by atoms with Crippen molar-refractivity contribution in [3.05, 3.63) is 0 Å². The molecule has 0 aromatic heterocycles. The van der Waals surface area contributed by atoms with Crippen LogP contribution in [-0.2, 0) is 9.53 Å². The van der Waals surface area contributed by atoms with Crippen LogP contribution in [0.1, 0.15) is 33.6 Å². The van der Waals surface area contributed by atoms with E-state index >= 15 is 0 Å². The fourth-order valence-corrected chi connectivity index (χ4v) is 2.26. The molecule has 1 aliphatic heterocycles. The molecule has 17 heavy (non-hydrogen) atoms. The third kappa shape index (κ3) is 4.64. The van der Waals surface area contributed by atoms with Crippen LogP contribution in [0.2, 0.25) is 0 Å². The maximum absolute atomic E-state index is 12.2. The molecule has 1 aliphatic rings. The van der Waals surface area contributed by atoms with Gasteiger partial charge in [-0.25, -0.2) is 0 Å². The lowest BCUT2D eigenvalue weighted by molar-refractivity contribution is -0.133. The fraction of sp³-hybridized carbons (Fsp3) is 0.923. The van der Waals surface area contributed by atoms with Gasteiger partial charge < -0.3 is 15.4 Å². The van der Waals surface area contributed by atoms with Gasteiger partial charge in [-0.3, -0.25) is 4.79 Å². The standard InChI is InChI=1S/C13H26N2O2/c1-4-15(8-11-5-6-17-9-11)13(16)12(14)7-10(2)3/h10-12H,4-9,14H2,1-3H3/t11?,12-/m0/s1. The first-order valence-corrected chi connectivity index (χ1v) is 6.66. The number of hydrogen-bond acceptors (Lipinski definition) is 3. The number of rotatable bonds is 6. The van der Waals surface area contributed by atoms with Crippen molar-refractivity contribution in [1.82, 2.24) is 4.90 Å². The zero-order valence-corrected chi connectivity index (χ0v) is 11.3. The molecule has 0 aliphatic carbocycles. The molecule has 1 heterocycles. The molecule has 1 unspecified atom stereocenters. The number of nitrogens with zero attached hydrogens (tertiary/aromatic N) is 1. The highest BCUT2D eigenvalue weighted by Crippen LogP contribution is 2.15. The highest BCUT2D eigenvalue weighted by Gasteiger charge is 2.25. The Kier molecular flexibility index (Phi) is 5.92. The highest BCUT2D eigenvalue weighted by atomic mass is 16.5. The quantitative estimate of drug-likeness (QED) is 0.762. The molecule has 2 atom stereocenters. The van der Waals surface area contributed by atoms with E-state index in [0.717, 1.165) is 39.1 Å². The molecule has 0 spiro atoms. The van der Waals surface area contributed by atoms with Gasteiger partial charge in [0.15, 0.2) is 0 Å². The minimum atomic E-state index is -0.350. The van der Waals surface area contributed by atoms with E-state index in [1.54, 1.807) is 0 Å². The summed E-state index contributed by atoms with van der Waals surface area (Å²) in [7, 11) is 0. The molecule has 1 saturated heterocycles. The molecular weight excluding hydrogens is 216 g/mol. The van der Waals surface area contributed by atoms with Crippen LogP contribution in [0.5, 0.6) is 0 Å². The molecule has 1 rings (SSSR count). The maximum Gasteiger partial charge on any atom is 0.239 e. The van der Waals surface area contributed by atoms with Gasteiger partial charge in [-0.05, 0) is 25.7 Å². The van der Waals surface area contributed by atoms with Gasteiger partial charge in [-0.15, -0.1) is 0 Å². The molecule has 2 N–H and O–H groups in total. The van der Waals surface area contributed by atoms with Crippen molar-refractivity contribution in [3.63, 3.8) is 0 Å². The van der Waals surface area contributed by atoms with Crippen LogP contribution in [0.15, 0.2) is 0 Å². The molecule has 0 aromatic carbocycles. The first-order valence-electron chi connectivity index (χ1n) is 6.66. The van der Waals surface area contributed by atoms with E-state index in [1.807, 2.05) is 11.8 Å². The van der Waals surface area contributed by atoms with Crippen molar-refractivity contribution in [2.24, 2.45) is 17.6 Å². The predicted octanol–water partition coefficient (Wildman–Crippen LogP) is 1.24. The molecule has 1 fully saturated rings. The first kappa shape index (κ1) is 14.5. The summed E-state index contributed by atoms with van der Waals surface area (Å²) in [6, 6.07) is -0.350. The van der Waals surface area contributed by atoms with Crippen LogP contribution >= 0.6 is 0 Å². The Morgan fingerprint density at radius 3 is 2.71 bits per heavy atom. The number of carbonyl (C=O) groups is 1. The lowest BCUT2D eigenvalue weighted by Crippen LogP contribution is -2.46. The Morgan fingerprint density at radius 1 is 1.53 bits per heavy atom. The van der Waals surface area contributed by atoms with Gasteiger partial charge in [0.05, 0.1) is 12.6 Å². The summed E-state index contributed by atoms with van der Waals surface area (Å²) < 4.78 is 5.34. The van der Waals surface area contributed by atoms with Gasteiger partial charge in [0.25, 0.3) is 0 Å². The van der Waals surface area contributed by atoms with Gasteiger partial charge in [0.2, 0.25) is 5.91 Å². The molecule has 4 nitrogen and oxygen atoms in total. The fourth-order valence-electron chi connectivity index (χ4n) is 2.26. The third-order valence-electron chi connectivity index (χ3n) is 3.24. The molecular formula is C13H26N2O2. The van der Waals surface area contributed by atoms with Gasteiger partial charge in [-0.1, -0.05) is 13.8 Å². The Morgan fingerprint density at radius 2 is 2.24 bits per heavy atom. The Hall–Kier alpha value is -0.610. The van der Waals surface area contributed by atoms with E-state index < -0.39 is 0 Å². The van der Waals surface area contributed by atoms with Crippen molar-refractivity contribution >= 4 is 5.91 Å². The lowest BCUT2D eigenvalue weighted by Gasteiger charge is -2.27. The summed E-state index contributed by atoms with van der Waals surface area (Å²) in [5.41, 5.74) is 5.95. The van der Waals surface area contributed by atoms with E-state index in [4.69, 9.17) is 10.5 Å². The van der Waals surface area contributed by atoms with Crippen molar-refractivity contribution in [1.29, 1.82) is 0 Å². The third-order valence-corrected chi connectivity index (χ3v) is 3.24. The number of likely N-dealkylation sites (N-methyl/N-ethyl adjacent to an activating group) is 1. The molecule has 0 saturated carbocycles. The second-order valence-corrected chi connectivity index (χ2v) is 5.34. The van der Waals surface area contributed by atoms with Crippen LogP contribution in [0.25, 0.3) is 0 Å². The SMILES string of the molecule is CCN(CC1CCOC1)C(=O)[C@@H](N)CC(C)C. The predicted molar refractivity (Wildman–Crippen MR) is 68.6 cm³/mol. The van der Waals surface area contributed by atoms with E-state index in [9.17, 15) is 4.79 Å². The highest BCUT2D eigenvalue weighted by molar-refractivity contribution is 5.81. The summed E-state index contributed by atoms with van der Waals surface area (Å²) in [5, 5.41) is 0. The largest absolute Gasteiger partial charge is 0.381 e. The normalized spacial score (nSPS) is 21.8. The number of ether oxygens (including phenoxy) is 1. The zero-order valence-electron chi connectivity index (χ0n) is 11.3. The second-order valence-electron chi connectivity index (χ2n) is 5.34. The van der Waals surface area contributed by atoms with E-state index in [-0.39, 0.29) is 11.9 Å². The molecule has 100 valence electrons. The van der Waals surface area contributed by atoms with Crippen LogP contribution in [0.4, 0.5) is 0 Å². The number of nitrogens with two attached hydrogens (primary N) is 1. The Balaban J connectivity index is 2.44. The van der Waals surface area contributed by atoms with Crippen LogP contribution in [0.3, 0.4) is 0 Å². The summed E-state index contributed by atoms with van der Waals surface area (Å²) in [5.74, 6) is 1.04. The van der Waals surface area contributed by atoms with Gasteiger partial charge in [-0.2, -0.15) is 0 Å². The molecule has 1 amide bonds. The first-order chi connectivity index (χ1) is 8.04. The summed E-state index contributed by atoms with van der Waals surface area (Å²) in [6.07, 6.45) is 1.82. The molecule has 0 radical (unpaired) electrons. The van der Waals surface area contributed by atoms with Crippen molar-refractivity contribution in [2.75, 3.05) is 26.3 Å². The lowest BCUT2D eigenvalue weighted by atomic mass is 10.0. The minimum absolute atomic E-state index is 0.0908. The summed E-state index contributed by atoms with van der Waals surface area (Å²) >= 11 is 0. The van der Waals surface area contributed by atoms with Gasteiger partial charge in [0, 0.05) is 25.6 Å². The smallest absolute Gasteiger partial charge is 0.239 e. The van der Waals surface area contributed by atoms with Crippen LogP contribution in [-0.4, -0.2) is 43.2 Å². The topological polar surface area (TPSA) is 55.6 Å². The molecule has 0 bridgehead atoms. The van der Waals surface area contributed by atoms with E-state index in [0.29, 0.717) is 11.8 Å². The van der Waals surface area contributed by atoms with Crippen molar-refractivity contribution < 1.29 is 9.53 Å². The number of hydrogen-bond donors (Lipinski definition) is 1. The van der Waals surface area contributed by atoms with Crippen LogP contribution in [0, 0.1) is 11.8 Å². The summed E-state index contributed by atoms with van der Waals surface area (Å²) in [6.45, 7) is 9.33. The summed E-state index contributed by atoms with van der Waals surface area (Å²) in [4.78, 5) is 14.0. The van der Waals surface area contributed by atoms with Crippen molar-refractivity contribution in [2.45, 2.75) is 39.7 Å². The minimum Gasteiger partial charge on any atom is -0.381 e. The van der Waals surface area contributed by atoms with Gasteiger partial charge >= 0.3 is 0 Å². The van der Waals surface area contributed by atoms with Crippen molar-refractivity contribution in [3.8, 4) is 0 Å². The Labute approximate surface area is 104 Å². The monoisotopic (exact) mass is 242 g/mol. The Bertz CT molecular complexity index is 238. The number of amides is 1. The average molecular weight is 242 g/mol. The van der Waals surface area contributed by atoms with E-state index in [2.05, 4.69) is 13.8 Å². The zero-order chi connectivity index (χ0) is 12.8. The maximum atomic E-state index is 12.2. The molecule has 4 heteroatoms. The molecule has 0 aromatic rings. The van der Waals surface area contributed by atoms with E-state index in [1.165, 1.54) is 0 Å². The average Bonchev–Trinajstić information content (AvgIpc) is 2.76. The van der Waals surface area contributed by atoms with Crippen LogP contribution < -0.4 is 5.73 Å².